The molecule has 1 rings (SSSR count). The van der Waals surface area contributed by atoms with Crippen LogP contribution in [0.4, 0.5) is 11.4 Å². The molecule has 110 valence electrons. The summed E-state index contributed by atoms with van der Waals surface area (Å²) in [4.78, 5) is 24.2. The molecule has 20 heavy (non-hydrogen) atoms. The molecule has 0 saturated carbocycles. The van der Waals surface area contributed by atoms with Crippen molar-refractivity contribution < 1.29 is 14.8 Å². The molecule has 0 aromatic heterocycles. The van der Waals surface area contributed by atoms with Crippen molar-refractivity contribution >= 4 is 17.3 Å². The van der Waals surface area contributed by atoms with E-state index in [0.717, 1.165) is 0 Å². The zero-order valence-corrected chi connectivity index (χ0v) is 11.6. The van der Waals surface area contributed by atoms with Crippen molar-refractivity contribution in [1.82, 2.24) is 4.90 Å². The maximum absolute atomic E-state index is 12.4. The summed E-state index contributed by atoms with van der Waals surface area (Å²) in [6.45, 7) is 4.02. The summed E-state index contributed by atoms with van der Waals surface area (Å²) < 4.78 is 0. The van der Waals surface area contributed by atoms with Crippen LogP contribution in [-0.4, -0.2) is 40.0 Å². The van der Waals surface area contributed by atoms with Crippen molar-refractivity contribution in [3.05, 3.63) is 33.9 Å². The molecule has 0 saturated heterocycles. The van der Waals surface area contributed by atoms with Gasteiger partial charge in [0.15, 0.2) is 0 Å². The van der Waals surface area contributed by atoms with Gasteiger partial charge in [-0.1, -0.05) is 6.07 Å². The van der Waals surface area contributed by atoms with Crippen LogP contribution in [0.3, 0.4) is 0 Å². The summed E-state index contributed by atoms with van der Waals surface area (Å²) in [6, 6.07) is 4.08. The average Bonchev–Trinajstić information content (AvgIpc) is 2.38. The third kappa shape index (κ3) is 3.45. The Morgan fingerprint density at radius 2 is 2.15 bits per heavy atom. The van der Waals surface area contributed by atoms with Gasteiger partial charge in [-0.3, -0.25) is 14.9 Å². The van der Waals surface area contributed by atoms with Gasteiger partial charge in [0.2, 0.25) is 0 Å². The minimum absolute atomic E-state index is 0.0269. The van der Waals surface area contributed by atoms with Gasteiger partial charge in [-0.2, -0.15) is 0 Å². The first-order valence-corrected chi connectivity index (χ1v) is 6.34. The second-order valence-electron chi connectivity index (χ2n) is 4.66. The molecule has 1 amide bonds. The maximum Gasteiger partial charge on any atom is 0.292 e. The summed E-state index contributed by atoms with van der Waals surface area (Å²) in [5.41, 5.74) is 5.43. The van der Waals surface area contributed by atoms with Crippen molar-refractivity contribution in [1.29, 1.82) is 0 Å². The van der Waals surface area contributed by atoms with Crippen LogP contribution in [-0.2, 0) is 0 Å². The zero-order chi connectivity index (χ0) is 15.3. The van der Waals surface area contributed by atoms with Gasteiger partial charge in [-0.15, -0.1) is 0 Å². The lowest BCUT2D eigenvalue weighted by atomic mass is 10.1. The fourth-order valence-corrected chi connectivity index (χ4v) is 1.89. The van der Waals surface area contributed by atoms with Gasteiger partial charge in [0.25, 0.3) is 11.6 Å². The number of carbonyl (C=O) groups excluding carboxylic acids is 1. The quantitative estimate of drug-likeness (QED) is 0.465. The van der Waals surface area contributed by atoms with Crippen LogP contribution >= 0.6 is 0 Å². The third-order valence-corrected chi connectivity index (χ3v) is 2.95. The fraction of sp³-hybridized carbons (Fsp3) is 0.462. The van der Waals surface area contributed by atoms with Crippen LogP contribution in [0.1, 0.15) is 30.6 Å². The number of nitro benzene ring substituents is 1. The lowest BCUT2D eigenvalue weighted by Crippen LogP contribution is -2.38. The van der Waals surface area contributed by atoms with E-state index in [-0.39, 0.29) is 35.5 Å². The van der Waals surface area contributed by atoms with Crippen molar-refractivity contribution in [3.8, 4) is 0 Å². The number of hydrogen-bond donors (Lipinski definition) is 2. The van der Waals surface area contributed by atoms with E-state index in [9.17, 15) is 14.9 Å². The van der Waals surface area contributed by atoms with Crippen molar-refractivity contribution in [2.24, 2.45) is 0 Å². The smallest absolute Gasteiger partial charge is 0.292 e. The predicted molar refractivity (Wildman–Crippen MR) is 75.4 cm³/mol. The molecule has 1 aromatic rings. The molecule has 0 heterocycles. The normalized spacial score (nSPS) is 10.6. The highest BCUT2D eigenvalue weighted by atomic mass is 16.6. The number of nitrogen functional groups attached to an aromatic ring is 1. The summed E-state index contributed by atoms with van der Waals surface area (Å²) in [7, 11) is 0. The highest BCUT2D eigenvalue weighted by molar-refractivity contribution is 6.01. The number of carbonyl (C=O) groups is 1. The van der Waals surface area contributed by atoms with Gasteiger partial charge >= 0.3 is 0 Å². The lowest BCUT2D eigenvalue weighted by Gasteiger charge is -2.27. The van der Waals surface area contributed by atoms with E-state index in [4.69, 9.17) is 10.8 Å². The molecular formula is C13H19N3O4. The van der Waals surface area contributed by atoms with E-state index < -0.39 is 4.92 Å². The number of nitro groups is 1. The molecule has 0 spiro atoms. The Balaban J connectivity index is 3.12. The van der Waals surface area contributed by atoms with Gasteiger partial charge in [-0.05, 0) is 26.3 Å². The largest absolute Gasteiger partial charge is 0.396 e. The molecule has 0 aliphatic carbocycles. The number of benzene rings is 1. The molecule has 3 N–H and O–H groups in total. The summed E-state index contributed by atoms with van der Waals surface area (Å²) in [5, 5.41) is 19.7. The zero-order valence-electron chi connectivity index (χ0n) is 11.6. The van der Waals surface area contributed by atoms with E-state index >= 15 is 0 Å². The van der Waals surface area contributed by atoms with Crippen LogP contribution in [0, 0.1) is 10.1 Å². The standard InChI is InChI=1S/C13H19N3O4/c1-9(2)15(7-4-8-17)13(18)10-5-3-6-11(12(10)14)16(19)20/h3,5-6,9,17H,4,7-8,14H2,1-2H3. The van der Waals surface area contributed by atoms with E-state index in [2.05, 4.69) is 0 Å². The Hall–Kier alpha value is -2.15. The van der Waals surface area contributed by atoms with E-state index in [1.165, 1.54) is 23.1 Å². The van der Waals surface area contributed by atoms with Crippen molar-refractivity contribution in [3.63, 3.8) is 0 Å². The highest BCUT2D eigenvalue weighted by Gasteiger charge is 2.24. The number of para-hydroxylation sites is 1. The number of nitrogens with two attached hydrogens (primary N) is 1. The van der Waals surface area contributed by atoms with Crippen molar-refractivity contribution in [2.75, 3.05) is 18.9 Å². The Kier molecular flexibility index (Phi) is 5.45. The summed E-state index contributed by atoms with van der Waals surface area (Å²) in [6.07, 6.45) is 0.443. The number of aliphatic hydroxyl groups excluding tert-OH is 1. The second-order valence-corrected chi connectivity index (χ2v) is 4.66. The molecule has 0 bridgehead atoms. The molecule has 7 heteroatoms. The first-order chi connectivity index (χ1) is 9.40. The van der Waals surface area contributed by atoms with E-state index in [1.807, 2.05) is 13.8 Å². The fourth-order valence-electron chi connectivity index (χ4n) is 1.89. The number of amides is 1. The molecule has 0 aliphatic heterocycles. The highest BCUT2D eigenvalue weighted by Crippen LogP contribution is 2.26. The molecule has 0 unspecified atom stereocenters. The topological polar surface area (TPSA) is 110 Å². The SMILES string of the molecule is CC(C)N(CCCO)C(=O)c1cccc([N+](=O)[O-])c1N. The van der Waals surface area contributed by atoms with Gasteiger partial charge in [0.1, 0.15) is 5.69 Å². The minimum atomic E-state index is -0.612. The van der Waals surface area contributed by atoms with Crippen LogP contribution in [0.25, 0.3) is 0 Å². The molecule has 0 radical (unpaired) electrons. The Morgan fingerprint density at radius 3 is 2.65 bits per heavy atom. The minimum Gasteiger partial charge on any atom is -0.396 e. The molecule has 0 atom stereocenters. The molecule has 7 nitrogen and oxygen atoms in total. The predicted octanol–water partition coefficient (Wildman–Crippen LogP) is 1.41. The van der Waals surface area contributed by atoms with Gasteiger partial charge in [-0.25, -0.2) is 0 Å². The summed E-state index contributed by atoms with van der Waals surface area (Å²) >= 11 is 0. The molecule has 0 fully saturated rings. The van der Waals surface area contributed by atoms with Gasteiger partial charge in [0, 0.05) is 25.3 Å². The van der Waals surface area contributed by atoms with E-state index in [0.29, 0.717) is 13.0 Å². The van der Waals surface area contributed by atoms with Crippen LogP contribution in [0.2, 0.25) is 0 Å². The van der Waals surface area contributed by atoms with Gasteiger partial charge < -0.3 is 15.7 Å². The average molecular weight is 281 g/mol. The number of aliphatic hydroxyl groups is 1. The van der Waals surface area contributed by atoms with Crippen molar-refractivity contribution in [2.45, 2.75) is 26.3 Å². The number of nitrogens with zero attached hydrogens (tertiary/aromatic N) is 2. The summed E-state index contributed by atoms with van der Waals surface area (Å²) in [5.74, 6) is -0.366. The van der Waals surface area contributed by atoms with Gasteiger partial charge in [0.05, 0.1) is 10.5 Å². The first-order valence-electron chi connectivity index (χ1n) is 6.34. The van der Waals surface area contributed by atoms with Crippen LogP contribution in [0.15, 0.2) is 18.2 Å². The number of hydrogen-bond acceptors (Lipinski definition) is 5. The van der Waals surface area contributed by atoms with E-state index in [1.54, 1.807) is 0 Å². The maximum atomic E-state index is 12.4. The third-order valence-electron chi connectivity index (χ3n) is 2.95. The van der Waals surface area contributed by atoms with Crippen LogP contribution < -0.4 is 5.73 Å². The number of anilines is 1. The molecule has 0 aliphatic rings. The monoisotopic (exact) mass is 281 g/mol. The molecule has 1 aromatic carbocycles. The number of rotatable bonds is 6. The Bertz CT molecular complexity index is 502. The Labute approximate surface area is 117 Å². The second kappa shape index (κ2) is 6.85. The first kappa shape index (κ1) is 15.9. The Morgan fingerprint density at radius 1 is 1.50 bits per heavy atom. The molecular weight excluding hydrogens is 262 g/mol. The van der Waals surface area contributed by atoms with Crippen LogP contribution in [0.5, 0.6) is 0 Å². The lowest BCUT2D eigenvalue weighted by molar-refractivity contribution is -0.383.